The van der Waals surface area contributed by atoms with E-state index in [4.69, 9.17) is 9.15 Å². The Morgan fingerprint density at radius 1 is 1.44 bits per heavy atom. The third-order valence-corrected chi connectivity index (χ3v) is 4.20. The van der Waals surface area contributed by atoms with Crippen molar-refractivity contribution < 1.29 is 9.15 Å². The number of aromatic nitrogens is 2. The third-order valence-electron chi connectivity index (χ3n) is 1.90. The predicted molar refractivity (Wildman–Crippen MR) is 85.8 cm³/mol. The van der Waals surface area contributed by atoms with Crippen molar-refractivity contribution >= 4 is 56.9 Å². The van der Waals surface area contributed by atoms with Crippen LogP contribution in [0.5, 0.6) is 5.75 Å². The molecule has 0 spiro atoms. The van der Waals surface area contributed by atoms with Crippen LogP contribution in [0.2, 0.25) is 0 Å². The second-order valence-electron chi connectivity index (χ2n) is 3.19. The van der Waals surface area contributed by atoms with E-state index >= 15 is 0 Å². The van der Waals surface area contributed by atoms with Crippen molar-refractivity contribution in [2.24, 2.45) is 0 Å². The zero-order valence-corrected chi connectivity index (χ0v) is 14.1. The van der Waals surface area contributed by atoms with Gasteiger partial charge in [-0.05, 0) is 63.4 Å². The highest BCUT2D eigenvalue weighted by molar-refractivity contribution is 14.1. The van der Waals surface area contributed by atoms with E-state index in [2.05, 4.69) is 55.4 Å². The number of H-pyrrole nitrogens is 1. The standard InChI is InChI=1S/C10H8I2N2O3S/c11-6-1-2-7(12)8(3-6)16-5-18-4-9-13-14-10(15)17-9/h1-3H,4-5H2,(H,14,15). The summed E-state index contributed by atoms with van der Waals surface area (Å²) in [6.45, 7) is 0. The van der Waals surface area contributed by atoms with Crippen molar-refractivity contribution in [3.05, 3.63) is 41.8 Å². The molecule has 2 aromatic rings. The number of benzene rings is 1. The van der Waals surface area contributed by atoms with E-state index in [0.29, 0.717) is 17.6 Å². The Balaban J connectivity index is 1.81. The van der Waals surface area contributed by atoms with E-state index in [9.17, 15) is 4.79 Å². The fraction of sp³-hybridized carbons (Fsp3) is 0.200. The lowest BCUT2D eigenvalue weighted by Gasteiger charge is -2.07. The van der Waals surface area contributed by atoms with Gasteiger partial charge < -0.3 is 9.15 Å². The zero-order chi connectivity index (χ0) is 13.0. The van der Waals surface area contributed by atoms with Gasteiger partial charge in [-0.3, -0.25) is 0 Å². The van der Waals surface area contributed by atoms with Gasteiger partial charge in [-0.15, -0.1) is 16.9 Å². The lowest BCUT2D eigenvalue weighted by molar-refractivity contribution is 0.389. The van der Waals surface area contributed by atoms with Crippen LogP contribution in [0.25, 0.3) is 0 Å². The molecular formula is C10H8I2N2O3S. The van der Waals surface area contributed by atoms with Crippen LogP contribution >= 0.6 is 56.9 Å². The summed E-state index contributed by atoms with van der Waals surface area (Å²) in [4.78, 5) is 10.7. The molecule has 0 amide bonds. The van der Waals surface area contributed by atoms with Crippen molar-refractivity contribution in [1.82, 2.24) is 10.2 Å². The second-order valence-corrected chi connectivity index (χ2v) is 6.53. The molecule has 0 aliphatic heterocycles. The van der Waals surface area contributed by atoms with Crippen LogP contribution in [-0.4, -0.2) is 16.1 Å². The monoisotopic (exact) mass is 490 g/mol. The smallest absolute Gasteiger partial charge is 0.434 e. The van der Waals surface area contributed by atoms with Crippen LogP contribution in [0.1, 0.15) is 5.89 Å². The van der Waals surface area contributed by atoms with Crippen molar-refractivity contribution in [3.63, 3.8) is 0 Å². The fourth-order valence-electron chi connectivity index (χ4n) is 1.14. The number of ether oxygens (including phenoxy) is 1. The number of nitrogens with one attached hydrogen (secondary N) is 1. The van der Waals surface area contributed by atoms with Gasteiger partial charge in [-0.2, -0.15) is 0 Å². The zero-order valence-electron chi connectivity index (χ0n) is 8.98. The Labute approximate surface area is 134 Å². The van der Waals surface area contributed by atoms with Gasteiger partial charge in [0, 0.05) is 3.57 Å². The summed E-state index contributed by atoms with van der Waals surface area (Å²) < 4.78 is 12.6. The number of nitrogens with zero attached hydrogens (tertiary/aromatic N) is 1. The molecule has 0 aliphatic carbocycles. The van der Waals surface area contributed by atoms with E-state index in [0.717, 1.165) is 12.9 Å². The molecule has 5 nitrogen and oxygen atoms in total. The van der Waals surface area contributed by atoms with Gasteiger partial charge in [0.1, 0.15) is 11.7 Å². The molecule has 0 saturated heterocycles. The molecule has 1 aromatic heterocycles. The van der Waals surface area contributed by atoms with Gasteiger partial charge in [-0.25, -0.2) is 9.89 Å². The van der Waals surface area contributed by atoms with Crippen LogP contribution in [0.3, 0.4) is 0 Å². The largest absolute Gasteiger partial charge is 0.482 e. The average Bonchev–Trinajstić information content (AvgIpc) is 2.75. The molecule has 1 aromatic carbocycles. The Kier molecular flexibility index (Phi) is 5.36. The van der Waals surface area contributed by atoms with Crippen molar-refractivity contribution in [3.8, 4) is 5.75 Å². The maximum Gasteiger partial charge on any atom is 0.434 e. The molecule has 2 rings (SSSR count). The molecular weight excluding hydrogens is 482 g/mol. The van der Waals surface area contributed by atoms with Crippen LogP contribution < -0.4 is 10.5 Å². The lowest BCUT2D eigenvalue weighted by atomic mass is 10.3. The van der Waals surface area contributed by atoms with E-state index in [1.807, 2.05) is 18.2 Å². The highest BCUT2D eigenvalue weighted by Crippen LogP contribution is 2.24. The third kappa shape index (κ3) is 4.16. The maximum atomic E-state index is 10.7. The molecule has 18 heavy (non-hydrogen) atoms. The first-order valence-electron chi connectivity index (χ1n) is 4.85. The van der Waals surface area contributed by atoms with Crippen molar-refractivity contribution in [1.29, 1.82) is 0 Å². The van der Waals surface area contributed by atoms with Crippen LogP contribution in [0, 0.1) is 7.14 Å². The summed E-state index contributed by atoms with van der Waals surface area (Å²) in [5.41, 5.74) is 0. The van der Waals surface area contributed by atoms with Gasteiger partial charge in [0.05, 0.1) is 9.32 Å². The minimum atomic E-state index is -0.529. The Morgan fingerprint density at radius 2 is 2.28 bits per heavy atom. The highest BCUT2D eigenvalue weighted by atomic mass is 127. The van der Waals surface area contributed by atoms with Crippen LogP contribution in [-0.2, 0) is 5.75 Å². The molecule has 0 saturated carbocycles. The van der Waals surface area contributed by atoms with Crippen molar-refractivity contribution in [2.45, 2.75) is 5.75 Å². The van der Waals surface area contributed by atoms with Gasteiger partial charge in [0.2, 0.25) is 5.89 Å². The second kappa shape index (κ2) is 6.80. The first-order valence-corrected chi connectivity index (χ1v) is 8.16. The minimum absolute atomic E-state index is 0.380. The summed E-state index contributed by atoms with van der Waals surface area (Å²) in [6.07, 6.45) is 0. The molecule has 0 unspecified atom stereocenters. The number of aromatic amines is 1. The van der Waals surface area contributed by atoms with E-state index < -0.39 is 5.76 Å². The van der Waals surface area contributed by atoms with Gasteiger partial charge in [0.25, 0.3) is 0 Å². The SMILES string of the molecule is O=c1[nH]nc(CSCOc2cc(I)ccc2I)o1. The summed E-state index contributed by atoms with van der Waals surface area (Å²) in [6, 6.07) is 6.02. The summed E-state index contributed by atoms with van der Waals surface area (Å²) in [5.74, 6) is 1.69. The number of thioether (sulfide) groups is 1. The summed E-state index contributed by atoms with van der Waals surface area (Å²) in [5, 5.41) is 5.92. The Morgan fingerprint density at radius 3 is 3.00 bits per heavy atom. The quantitative estimate of drug-likeness (QED) is 0.397. The summed E-state index contributed by atoms with van der Waals surface area (Å²) in [7, 11) is 0. The molecule has 0 radical (unpaired) electrons. The average molecular weight is 490 g/mol. The Hall–Kier alpha value is -0.230. The van der Waals surface area contributed by atoms with Crippen LogP contribution in [0.4, 0.5) is 0 Å². The molecule has 0 atom stereocenters. The molecule has 96 valence electrons. The minimum Gasteiger partial charge on any atom is -0.482 e. The van der Waals surface area contributed by atoms with Crippen LogP contribution in [0.15, 0.2) is 27.4 Å². The lowest BCUT2D eigenvalue weighted by Crippen LogP contribution is -1.96. The van der Waals surface area contributed by atoms with E-state index in [1.165, 1.54) is 11.8 Å². The number of hydrogen-bond donors (Lipinski definition) is 1. The number of hydrogen-bond acceptors (Lipinski definition) is 5. The molecule has 0 bridgehead atoms. The predicted octanol–water partition coefficient (Wildman–Crippen LogP) is 2.84. The van der Waals surface area contributed by atoms with Gasteiger partial charge >= 0.3 is 5.76 Å². The first-order chi connectivity index (χ1) is 8.65. The molecule has 1 N–H and O–H groups in total. The Bertz CT molecular complexity index is 584. The molecule has 0 aliphatic rings. The highest BCUT2D eigenvalue weighted by Gasteiger charge is 2.04. The van der Waals surface area contributed by atoms with Gasteiger partial charge in [-0.1, -0.05) is 0 Å². The van der Waals surface area contributed by atoms with Gasteiger partial charge in [0.15, 0.2) is 0 Å². The number of halogens is 2. The maximum absolute atomic E-state index is 10.7. The van der Waals surface area contributed by atoms with E-state index in [1.54, 1.807) is 0 Å². The first kappa shape index (κ1) is 14.2. The number of rotatable bonds is 5. The summed E-state index contributed by atoms with van der Waals surface area (Å²) >= 11 is 5.96. The molecule has 8 heteroatoms. The van der Waals surface area contributed by atoms with Crippen molar-refractivity contribution in [2.75, 3.05) is 5.94 Å². The molecule has 0 fully saturated rings. The molecule has 1 heterocycles. The fourth-order valence-corrected chi connectivity index (χ4v) is 2.69. The van der Waals surface area contributed by atoms with E-state index in [-0.39, 0.29) is 0 Å². The topological polar surface area (TPSA) is 68.1 Å². The normalized spacial score (nSPS) is 10.6.